The molecule has 0 unspecified atom stereocenters. The molecule has 0 N–H and O–H groups in total. The minimum absolute atomic E-state index is 0.0306. The predicted molar refractivity (Wildman–Crippen MR) is 83.2 cm³/mol. The molecule has 1 aromatic heterocycles. The first kappa shape index (κ1) is 15.0. The van der Waals surface area contributed by atoms with Crippen LogP contribution >= 0.6 is 0 Å². The zero-order chi connectivity index (χ0) is 15.2. The molecule has 1 fully saturated rings. The van der Waals surface area contributed by atoms with Gasteiger partial charge in [0.05, 0.1) is 29.6 Å². The van der Waals surface area contributed by atoms with Crippen LogP contribution in [0.4, 0.5) is 0 Å². The van der Waals surface area contributed by atoms with Crippen molar-refractivity contribution < 1.29 is 4.74 Å². The molecule has 0 aromatic carbocycles. The van der Waals surface area contributed by atoms with Crippen molar-refractivity contribution in [2.24, 2.45) is 17.8 Å². The van der Waals surface area contributed by atoms with E-state index in [9.17, 15) is 0 Å². The fourth-order valence-corrected chi connectivity index (χ4v) is 3.85. The van der Waals surface area contributed by atoms with E-state index in [-0.39, 0.29) is 5.54 Å². The van der Waals surface area contributed by atoms with Gasteiger partial charge in [-0.1, -0.05) is 5.21 Å². The Labute approximate surface area is 128 Å². The second-order valence-corrected chi connectivity index (χ2v) is 8.02. The van der Waals surface area contributed by atoms with Crippen molar-refractivity contribution in [3.8, 4) is 0 Å². The Bertz CT molecular complexity index is 501. The van der Waals surface area contributed by atoms with Gasteiger partial charge in [-0.05, 0) is 78.1 Å². The number of aromatic nitrogens is 3. The first-order valence-corrected chi connectivity index (χ1v) is 8.43. The number of hydrogen-bond acceptors (Lipinski definition) is 3. The summed E-state index contributed by atoms with van der Waals surface area (Å²) in [4.78, 5) is 0. The van der Waals surface area contributed by atoms with Crippen molar-refractivity contribution in [3.63, 3.8) is 0 Å². The Morgan fingerprint density at radius 2 is 1.86 bits per heavy atom. The highest BCUT2D eigenvalue weighted by molar-refractivity contribution is 5.16. The Kier molecular flexibility index (Phi) is 3.85. The van der Waals surface area contributed by atoms with Crippen LogP contribution in [0.15, 0.2) is 0 Å². The predicted octanol–water partition coefficient (Wildman–Crippen LogP) is 3.20. The van der Waals surface area contributed by atoms with Crippen LogP contribution in [-0.4, -0.2) is 27.7 Å². The molecule has 0 bridgehead atoms. The summed E-state index contributed by atoms with van der Waals surface area (Å²) in [5.74, 6) is 2.50. The van der Waals surface area contributed by atoms with E-state index in [1.807, 2.05) is 0 Å². The van der Waals surface area contributed by atoms with Crippen LogP contribution in [-0.2, 0) is 23.1 Å². The van der Waals surface area contributed by atoms with Crippen LogP contribution in [0.2, 0.25) is 0 Å². The molecule has 0 aliphatic heterocycles. The zero-order valence-corrected chi connectivity index (χ0v) is 14.1. The highest BCUT2D eigenvalue weighted by Crippen LogP contribution is 2.53. The molecule has 0 saturated heterocycles. The number of fused-ring (bicyclic) bond motifs is 2. The molecule has 21 heavy (non-hydrogen) atoms. The summed E-state index contributed by atoms with van der Waals surface area (Å²) in [6.07, 6.45) is 5.09. The maximum Gasteiger partial charge on any atom is 0.0859 e. The average molecular weight is 291 g/mol. The smallest absolute Gasteiger partial charge is 0.0859 e. The van der Waals surface area contributed by atoms with Crippen molar-refractivity contribution >= 4 is 0 Å². The molecule has 0 radical (unpaired) electrons. The molecule has 118 valence electrons. The third-order valence-corrected chi connectivity index (χ3v) is 5.04. The number of ether oxygens (including phenoxy) is 1. The molecule has 1 saturated carbocycles. The van der Waals surface area contributed by atoms with Gasteiger partial charge in [-0.3, -0.25) is 0 Å². The molecule has 3 atom stereocenters. The molecule has 4 heteroatoms. The Hall–Kier alpha value is -0.900. The third kappa shape index (κ3) is 3.01. The maximum atomic E-state index is 5.84. The normalized spacial score (nSPS) is 28.8. The molecule has 0 spiro atoms. The standard InChI is InChI=1S/C17H29N3O/c1-11(2)21-10-14-12-6-8-15-16(9-7-13(12)14)20(19-18-15)17(3,4)5/h11-14H,6-10H2,1-5H3/t12-,13+,14-/m0/s1. The van der Waals surface area contributed by atoms with Gasteiger partial charge in [0.25, 0.3) is 0 Å². The van der Waals surface area contributed by atoms with Gasteiger partial charge in [-0.2, -0.15) is 0 Å². The highest BCUT2D eigenvalue weighted by Gasteiger charge is 2.49. The summed E-state index contributed by atoms with van der Waals surface area (Å²) in [6.45, 7) is 11.8. The van der Waals surface area contributed by atoms with Crippen molar-refractivity contribution in [2.45, 2.75) is 71.9 Å². The van der Waals surface area contributed by atoms with Gasteiger partial charge in [0.15, 0.2) is 0 Å². The molecule has 3 rings (SSSR count). The Morgan fingerprint density at radius 1 is 1.19 bits per heavy atom. The monoisotopic (exact) mass is 291 g/mol. The molecule has 2 aliphatic rings. The summed E-state index contributed by atoms with van der Waals surface area (Å²) in [5, 5.41) is 8.87. The largest absolute Gasteiger partial charge is 0.378 e. The van der Waals surface area contributed by atoms with Gasteiger partial charge in [0.2, 0.25) is 0 Å². The van der Waals surface area contributed by atoms with Crippen molar-refractivity contribution in [3.05, 3.63) is 11.4 Å². The average Bonchev–Trinajstić information content (AvgIpc) is 2.83. The number of rotatable bonds is 3. The summed E-state index contributed by atoms with van der Waals surface area (Å²) < 4.78 is 7.99. The topological polar surface area (TPSA) is 39.9 Å². The molecule has 1 aromatic rings. The van der Waals surface area contributed by atoms with E-state index in [0.717, 1.165) is 37.2 Å². The van der Waals surface area contributed by atoms with E-state index in [1.54, 1.807) is 0 Å². The van der Waals surface area contributed by atoms with E-state index in [0.29, 0.717) is 6.10 Å². The number of nitrogens with zero attached hydrogens (tertiary/aromatic N) is 3. The van der Waals surface area contributed by atoms with E-state index in [1.165, 1.54) is 24.2 Å². The first-order chi connectivity index (χ1) is 9.88. The quantitative estimate of drug-likeness (QED) is 0.858. The number of aryl methyl sites for hydroxylation is 1. The molecular weight excluding hydrogens is 262 g/mol. The van der Waals surface area contributed by atoms with Crippen LogP contribution in [0.25, 0.3) is 0 Å². The Balaban J connectivity index is 1.68. The SMILES string of the molecule is CC(C)OC[C@@H]1[C@@H]2CCc3c(nnn3C(C)(C)C)CC[C@@H]21. The fourth-order valence-electron chi connectivity index (χ4n) is 3.85. The number of hydrogen-bond donors (Lipinski definition) is 0. The lowest BCUT2D eigenvalue weighted by Gasteiger charge is -2.22. The molecular formula is C17H29N3O. The van der Waals surface area contributed by atoms with Crippen LogP contribution in [0.5, 0.6) is 0 Å². The van der Waals surface area contributed by atoms with E-state index in [4.69, 9.17) is 4.74 Å². The molecule has 1 heterocycles. The first-order valence-electron chi connectivity index (χ1n) is 8.43. The maximum absolute atomic E-state index is 5.84. The fraction of sp³-hybridized carbons (Fsp3) is 0.882. The molecule has 4 nitrogen and oxygen atoms in total. The molecule has 0 amide bonds. The second-order valence-electron chi connectivity index (χ2n) is 8.02. The highest BCUT2D eigenvalue weighted by atomic mass is 16.5. The van der Waals surface area contributed by atoms with Crippen molar-refractivity contribution in [1.29, 1.82) is 0 Å². The van der Waals surface area contributed by atoms with Crippen LogP contribution in [0, 0.1) is 17.8 Å². The summed E-state index contributed by atoms with van der Waals surface area (Å²) >= 11 is 0. The summed E-state index contributed by atoms with van der Waals surface area (Å²) in [6, 6.07) is 0. The summed E-state index contributed by atoms with van der Waals surface area (Å²) in [5.41, 5.74) is 2.64. The third-order valence-electron chi connectivity index (χ3n) is 5.04. The van der Waals surface area contributed by atoms with Crippen LogP contribution in [0.3, 0.4) is 0 Å². The van der Waals surface area contributed by atoms with Gasteiger partial charge in [-0.25, -0.2) is 4.68 Å². The minimum Gasteiger partial charge on any atom is -0.378 e. The van der Waals surface area contributed by atoms with Crippen LogP contribution in [0.1, 0.15) is 58.8 Å². The van der Waals surface area contributed by atoms with Gasteiger partial charge >= 0.3 is 0 Å². The zero-order valence-electron chi connectivity index (χ0n) is 14.1. The van der Waals surface area contributed by atoms with Gasteiger partial charge in [-0.15, -0.1) is 5.10 Å². The van der Waals surface area contributed by atoms with Crippen molar-refractivity contribution in [1.82, 2.24) is 15.0 Å². The van der Waals surface area contributed by atoms with Crippen molar-refractivity contribution in [2.75, 3.05) is 6.61 Å². The van der Waals surface area contributed by atoms with Gasteiger partial charge in [0, 0.05) is 0 Å². The molecule has 2 aliphatic carbocycles. The Morgan fingerprint density at radius 3 is 2.48 bits per heavy atom. The lowest BCUT2D eigenvalue weighted by atomic mass is 10.00. The van der Waals surface area contributed by atoms with Crippen LogP contribution < -0.4 is 0 Å². The van der Waals surface area contributed by atoms with E-state index < -0.39 is 0 Å². The van der Waals surface area contributed by atoms with E-state index in [2.05, 4.69) is 49.6 Å². The summed E-state index contributed by atoms with van der Waals surface area (Å²) in [7, 11) is 0. The van der Waals surface area contributed by atoms with Gasteiger partial charge < -0.3 is 4.74 Å². The lowest BCUT2D eigenvalue weighted by molar-refractivity contribution is 0.0656. The lowest BCUT2D eigenvalue weighted by Crippen LogP contribution is -2.26. The van der Waals surface area contributed by atoms with Gasteiger partial charge in [0.1, 0.15) is 0 Å². The minimum atomic E-state index is 0.0306. The second kappa shape index (κ2) is 5.38. The van der Waals surface area contributed by atoms with E-state index >= 15 is 0 Å².